The summed E-state index contributed by atoms with van der Waals surface area (Å²) >= 11 is 0. The highest BCUT2D eigenvalue weighted by Gasteiger charge is 2.16. The molecule has 0 aromatic carbocycles. The van der Waals surface area contributed by atoms with E-state index >= 15 is 0 Å². The molecule has 1 amide bonds. The molecule has 0 aliphatic carbocycles. The van der Waals surface area contributed by atoms with Crippen LogP contribution in [-0.2, 0) is 10.4 Å². The van der Waals surface area contributed by atoms with E-state index in [9.17, 15) is 9.90 Å². The summed E-state index contributed by atoms with van der Waals surface area (Å²) < 4.78 is 0. The molecule has 1 aromatic heterocycles. The topological polar surface area (TPSA) is 66.3 Å². The van der Waals surface area contributed by atoms with E-state index in [0.717, 1.165) is 13.0 Å². The maximum atomic E-state index is 11.5. The zero-order valence-electron chi connectivity index (χ0n) is 14.2. The molecule has 5 heteroatoms. The molecule has 0 saturated heterocycles. The Bertz CT molecular complexity index is 502. The molecule has 0 unspecified atom stereocenters. The van der Waals surface area contributed by atoms with Crippen molar-refractivity contribution >= 4 is 12.0 Å². The Morgan fingerprint density at radius 3 is 2.41 bits per heavy atom. The molecule has 0 spiro atoms. The van der Waals surface area contributed by atoms with Crippen LogP contribution >= 0.6 is 0 Å². The smallest absolute Gasteiger partial charge is 0.219 e. The van der Waals surface area contributed by atoms with Gasteiger partial charge in [-0.1, -0.05) is 19.9 Å². The molecule has 0 radical (unpaired) electrons. The Kier molecular flexibility index (Phi) is 6.68. The van der Waals surface area contributed by atoms with Gasteiger partial charge in [0.1, 0.15) is 0 Å². The van der Waals surface area contributed by atoms with Crippen LogP contribution in [-0.4, -0.2) is 39.0 Å². The predicted molar refractivity (Wildman–Crippen MR) is 88.0 cm³/mol. The molecule has 0 saturated carbocycles. The molecule has 0 aliphatic rings. The van der Waals surface area contributed by atoms with Gasteiger partial charge in [-0.15, -0.1) is 0 Å². The van der Waals surface area contributed by atoms with Gasteiger partial charge >= 0.3 is 0 Å². The van der Waals surface area contributed by atoms with Crippen molar-refractivity contribution < 1.29 is 9.90 Å². The molecule has 0 atom stereocenters. The number of carbonyl (C=O) groups excluding carboxylic acids is 1. The van der Waals surface area contributed by atoms with Gasteiger partial charge in [-0.2, -0.15) is 0 Å². The number of rotatable bonds is 7. The van der Waals surface area contributed by atoms with Crippen LogP contribution in [0.3, 0.4) is 0 Å². The van der Waals surface area contributed by atoms with Crippen molar-refractivity contribution in [3.8, 4) is 0 Å². The molecule has 1 aromatic rings. The highest BCUT2D eigenvalue weighted by molar-refractivity contribution is 5.73. The Morgan fingerprint density at radius 1 is 1.36 bits per heavy atom. The summed E-state index contributed by atoms with van der Waals surface area (Å²) in [5.41, 5.74) is -0.245. The van der Waals surface area contributed by atoms with Crippen molar-refractivity contribution in [2.24, 2.45) is 5.92 Å². The average molecular weight is 305 g/mol. The Morgan fingerprint density at radius 2 is 1.95 bits per heavy atom. The SMILES string of the molecule is CC(=O)N(CC/C=C/c1ncc(C(C)(C)O)cn1)CC(C)C. The van der Waals surface area contributed by atoms with E-state index in [4.69, 9.17) is 0 Å². The summed E-state index contributed by atoms with van der Waals surface area (Å²) in [6, 6.07) is 0. The number of aliphatic hydroxyl groups is 1. The fraction of sp³-hybridized carbons (Fsp3) is 0.588. The number of aromatic nitrogens is 2. The summed E-state index contributed by atoms with van der Waals surface area (Å²) in [4.78, 5) is 21.8. The fourth-order valence-electron chi connectivity index (χ4n) is 1.98. The van der Waals surface area contributed by atoms with E-state index in [1.54, 1.807) is 33.2 Å². The summed E-state index contributed by atoms with van der Waals surface area (Å²) in [6.45, 7) is 10.7. The zero-order valence-corrected chi connectivity index (χ0v) is 14.2. The van der Waals surface area contributed by atoms with Gasteiger partial charge in [0.15, 0.2) is 5.82 Å². The Balaban J connectivity index is 2.53. The van der Waals surface area contributed by atoms with E-state index in [-0.39, 0.29) is 5.91 Å². The summed E-state index contributed by atoms with van der Waals surface area (Å²) in [7, 11) is 0. The first-order valence-corrected chi connectivity index (χ1v) is 7.67. The van der Waals surface area contributed by atoms with Crippen molar-refractivity contribution in [2.75, 3.05) is 13.1 Å². The molecule has 1 N–H and O–H groups in total. The second-order valence-corrected chi connectivity index (χ2v) is 6.44. The third kappa shape index (κ3) is 6.35. The predicted octanol–water partition coefficient (Wildman–Crippen LogP) is 2.61. The Hall–Kier alpha value is -1.75. The first kappa shape index (κ1) is 18.3. The second-order valence-electron chi connectivity index (χ2n) is 6.44. The van der Waals surface area contributed by atoms with Gasteiger partial charge in [0.05, 0.1) is 5.60 Å². The van der Waals surface area contributed by atoms with Crippen molar-refractivity contribution in [1.82, 2.24) is 14.9 Å². The Labute approximate surface area is 133 Å². The van der Waals surface area contributed by atoms with Crippen LogP contribution in [0, 0.1) is 5.92 Å². The molecule has 1 heterocycles. The lowest BCUT2D eigenvalue weighted by atomic mass is 10.0. The lowest BCUT2D eigenvalue weighted by Gasteiger charge is -2.22. The van der Waals surface area contributed by atoms with Crippen LogP contribution in [0.5, 0.6) is 0 Å². The molecular formula is C17H27N3O2. The number of hydrogen-bond acceptors (Lipinski definition) is 4. The lowest BCUT2D eigenvalue weighted by Crippen LogP contribution is -2.32. The van der Waals surface area contributed by atoms with Gasteiger partial charge in [-0.05, 0) is 32.3 Å². The first-order chi connectivity index (χ1) is 10.2. The summed E-state index contributed by atoms with van der Waals surface area (Å²) in [5.74, 6) is 1.17. The van der Waals surface area contributed by atoms with E-state index in [1.165, 1.54) is 0 Å². The normalized spacial score (nSPS) is 12.1. The van der Waals surface area contributed by atoms with Crippen LogP contribution in [0.4, 0.5) is 0 Å². The van der Waals surface area contributed by atoms with Gasteiger partial charge < -0.3 is 10.0 Å². The zero-order chi connectivity index (χ0) is 16.8. The van der Waals surface area contributed by atoms with Gasteiger partial charge in [0.2, 0.25) is 5.91 Å². The third-order valence-electron chi connectivity index (χ3n) is 3.24. The highest BCUT2D eigenvalue weighted by Crippen LogP contribution is 2.17. The minimum atomic E-state index is -0.929. The third-order valence-corrected chi connectivity index (χ3v) is 3.24. The van der Waals surface area contributed by atoms with Crippen molar-refractivity contribution in [3.05, 3.63) is 29.9 Å². The number of nitrogens with zero attached hydrogens (tertiary/aromatic N) is 3. The van der Waals surface area contributed by atoms with E-state index < -0.39 is 5.60 Å². The van der Waals surface area contributed by atoms with Crippen LogP contribution < -0.4 is 0 Å². The number of hydrogen-bond donors (Lipinski definition) is 1. The average Bonchev–Trinajstić information content (AvgIpc) is 2.41. The van der Waals surface area contributed by atoms with E-state index in [2.05, 4.69) is 23.8 Å². The first-order valence-electron chi connectivity index (χ1n) is 7.67. The highest BCUT2D eigenvalue weighted by atomic mass is 16.3. The minimum Gasteiger partial charge on any atom is -0.386 e. The molecule has 0 bridgehead atoms. The van der Waals surface area contributed by atoms with Gasteiger partial charge in [-0.25, -0.2) is 9.97 Å². The molecule has 1 rings (SSSR count). The van der Waals surface area contributed by atoms with Crippen LogP contribution in [0.15, 0.2) is 18.5 Å². The molecule has 122 valence electrons. The number of carbonyl (C=O) groups is 1. The quantitative estimate of drug-likeness (QED) is 0.841. The number of amides is 1. The van der Waals surface area contributed by atoms with Crippen molar-refractivity contribution in [3.63, 3.8) is 0 Å². The van der Waals surface area contributed by atoms with Gasteiger partial charge in [0, 0.05) is 38.0 Å². The lowest BCUT2D eigenvalue weighted by molar-refractivity contribution is -0.129. The van der Waals surface area contributed by atoms with E-state index in [1.807, 2.05) is 17.1 Å². The monoisotopic (exact) mass is 305 g/mol. The molecule has 0 fully saturated rings. The van der Waals surface area contributed by atoms with Gasteiger partial charge in [0.25, 0.3) is 0 Å². The second kappa shape index (κ2) is 8.03. The van der Waals surface area contributed by atoms with Gasteiger partial charge in [-0.3, -0.25) is 4.79 Å². The van der Waals surface area contributed by atoms with Crippen molar-refractivity contribution in [1.29, 1.82) is 0 Å². The maximum absolute atomic E-state index is 11.5. The van der Waals surface area contributed by atoms with E-state index in [0.29, 0.717) is 23.9 Å². The molecule has 22 heavy (non-hydrogen) atoms. The minimum absolute atomic E-state index is 0.105. The fourth-order valence-corrected chi connectivity index (χ4v) is 1.98. The molecule has 0 aliphatic heterocycles. The standard InChI is InChI=1S/C17H27N3O2/c1-13(2)12-20(14(3)21)9-7-6-8-16-18-10-15(11-19-16)17(4,5)22/h6,8,10-11,13,22H,7,9,12H2,1-5H3/b8-6+. The largest absolute Gasteiger partial charge is 0.386 e. The summed E-state index contributed by atoms with van der Waals surface area (Å²) in [6.07, 6.45) is 7.83. The molecular weight excluding hydrogens is 278 g/mol. The van der Waals surface area contributed by atoms with Crippen LogP contribution in [0.2, 0.25) is 0 Å². The maximum Gasteiger partial charge on any atom is 0.219 e. The van der Waals surface area contributed by atoms with Crippen molar-refractivity contribution in [2.45, 2.75) is 46.6 Å². The van der Waals surface area contributed by atoms with Crippen LogP contribution in [0.1, 0.15) is 52.4 Å². The molecule has 5 nitrogen and oxygen atoms in total. The van der Waals surface area contributed by atoms with Crippen LogP contribution in [0.25, 0.3) is 6.08 Å². The summed E-state index contributed by atoms with van der Waals surface area (Å²) in [5, 5.41) is 9.84.